The maximum absolute atomic E-state index is 12.6. The number of nitrogens with zero attached hydrogens (tertiary/aromatic N) is 1. The number of ether oxygens (including phenoxy) is 1. The number of rotatable bonds is 3. The quantitative estimate of drug-likeness (QED) is 0.613. The lowest BCUT2D eigenvalue weighted by atomic mass is 10.1. The Morgan fingerprint density at radius 2 is 2.25 bits per heavy atom. The molecule has 0 saturated heterocycles. The number of esters is 1. The molecule has 1 aromatic rings. The molecular weight excluding hydrogens is 352 g/mol. The van der Waals surface area contributed by atoms with E-state index in [1.54, 1.807) is 0 Å². The summed E-state index contributed by atoms with van der Waals surface area (Å²) in [5.74, 6) is -0.657. The Morgan fingerprint density at radius 3 is 2.69 bits per heavy atom. The molecule has 0 amide bonds. The Balaban J connectivity index is 3.35. The molecule has 1 rings (SSSR count). The summed E-state index contributed by atoms with van der Waals surface area (Å²) in [5.41, 5.74) is 0.127. The molecule has 3 nitrogen and oxygen atoms in total. The van der Waals surface area contributed by atoms with Gasteiger partial charge >= 0.3 is 5.97 Å². The number of pyridine rings is 1. The van der Waals surface area contributed by atoms with Crippen molar-refractivity contribution in [3.63, 3.8) is 0 Å². The van der Waals surface area contributed by atoms with Gasteiger partial charge in [-0.05, 0) is 15.9 Å². The highest BCUT2D eigenvalue weighted by Gasteiger charge is 2.21. The van der Waals surface area contributed by atoms with E-state index in [-0.39, 0.29) is 21.1 Å². The molecule has 0 bridgehead atoms. The summed E-state index contributed by atoms with van der Waals surface area (Å²) in [7, 11) is 1.21. The third kappa shape index (κ3) is 2.57. The van der Waals surface area contributed by atoms with Gasteiger partial charge < -0.3 is 4.74 Å². The highest BCUT2D eigenvalue weighted by Crippen LogP contribution is 2.32. The molecule has 0 atom stereocenters. The van der Waals surface area contributed by atoms with Crippen LogP contribution >= 0.6 is 31.9 Å². The lowest BCUT2D eigenvalue weighted by Crippen LogP contribution is -2.10. The van der Waals surface area contributed by atoms with Gasteiger partial charge in [-0.25, -0.2) is 18.6 Å². The SMILES string of the molecule is COC(=O)c1ncc(C(F)F)c(Br)c1CBr. The Hall–Kier alpha value is -0.560. The van der Waals surface area contributed by atoms with E-state index in [0.717, 1.165) is 6.20 Å². The molecule has 0 radical (unpaired) electrons. The van der Waals surface area contributed by atoms with Crippen molar-refractivity contribution in [2.75, 3.05) is 7.11 Å². The van der Waals surface area contributed by atoms with Gasteiger partial charge in [0.05, 0.1) is 12.7 Å². The molecule has 0 spiro atoms. The smallest absolute Gasteiger partial charge is 0.357 e. The lowest BCUT2D eigenvalue weighted by molar-refractivity contribution is 0.0592. The maximum Gasteiger partial charge on any atom is 0.357 e. The number of alkyl halides is 3. The van der Waals surface area contributed by atoms with Crippen LogP contribution in [0.15, 0.2) is 10.7 Å². The van der Waals surface area contributed by atoms with Crippen molar-refractivity contribution >= 4 is 37.8 Å². The van der Waals surface area contributed by atoms with Crippen molar-refractivity contribution < 1.29 is 18.3 Å². The summed E-state index contributed by atoms with van der Waals surface area (Å²) >= 11 is 6.15. The molecule has 0 fully saturated rings. The van der Waals surface area contributed by atoms with Crippen molar-refractivity contribution in [1.82, 2.24) is 4.98 Å². The van der Waals surface area contributed by atoms with E-state index >= 15 is 0 Å². The minimum absolute atomic E-state index is 0.0238. The Labute approximate surface area is 107 Å². The second kappa shape index (κ2) is 5.67. The number of hydrogen-bond donors (Lipinski definition) is 0. The van der Waals surface area contributed by atoms with Crippen LogP contribution in [-0.2, 0) is 10.1 Å². The first-order valence-corrected chi connectivity index (χ1v) is 6.04. The van der Waals surface area contributed by atoms with Crippen LogP contribution in [0.2, 0.25) is 0 Å². The molecule has 0 unspecified atom stereocenters. The van der Waals surface area contributed by atoms with E-state index in [2.05, 4.69) is 41.6 Å². The topological polar surface area (TPSA) is 39.2 Å². The first-order valence-electron chi connectivity index (χ1n) is 4.12. The van der Waals surface area contributed by atoms with E-state index in [1.165, 1.54) is 7.11 Å². The van der Waals surface area contributed by atoms with E-state index in [0.29, 0.717) is 5.56 Å². The van der Waals surface area contributed by atoms with Gasteiger partial charge in [-0.1, -0.05) is 15.9 Å². The van der Waals surface area contributed by atoms with Crippen molar-refractivity contribution in [2.24, 2.45) is 0 Å². The average molecular weight is 359 g/mol. The molecule has 0 N–H and O–H groups in total. The van der Waals surface area contributed by atoms with Crippen LogP contribution < -0.4 is 0 Å². The van der Waals surface area contributed by atoms with Gasteiger partial charge in [0, 0.05) is 21.6 Å². The zero-order chi connectivity index (χ0) is 12.3. The summed E-state index contributed by atoms with van der Waals surface area (Å²) < 4.78 is 29.8. The predicted octanol–water partition coefficient (Wildman–Crippen LogP) is 3.46. The molecule has 0 aromatic carbocycles. The van der Waals surface area contributed by atoms with Gasteiger partial charge in [-0.2, -0.15) is 0 Å². The highest BCUT2D eigenvalue weighted by molar-refractivity contribution is 9.10. The van der Waals surface area contributed by atoms with E-state index in [1.807, 2.05) is 0 Å². The fourth-order valence-corrected chi connectivity index (χ4v) is 2.62. The largest absolute Gasteiger partial charge is 0.464 e. The van der Waals surface area contributed by atoms with Crippen molar-refractivity contribution in [3.05, 3.63) is 27.5 Å². The molecule has 0 saturated carbocycles. The molecule has 1 aromatic heterocycles. The number of aromatic nitrogens is 1. The molecule has 0 aliphatic carbocycles. The Bertz CT molecular complexity index is 413. The van der Waals surface area contributed by atoms with Crippen LogP contribution in [0.3, 0.4) is 0 Å². The summed E-state index contributed by atoms with van der Waals surface area (Å²) in [6.07, 6.45) is -1.68. The summed E-state index contributed by atoms with van der Waals surface area (Å²) in [6, 6.07) is 0. The lowest BCUT2D eigenvalue weighted by Gasteiger charge is -2.10. The van der Waals surface area contributed by atoms with E-state index in [9.17, 15) is 13.6 Å². The number of carbonyl (C=O) groups excluding carboxylic acids is 1. The zero-order valence-corrected chi connectivity index (χ0v) is 11.3. The summed E-state index contributed by atoms with van der Waals surface area (Å²) in [4.78, 5) is 15.0. The van der Waals surface area contributed by atoms with Crippen molar-refractivity contribution in [3.8, 4) is 0 Å². The van der Waals surface area contributed by atoms with Crippen molar-refractivity contribution in [1.29, 1.82) is 0 Å². The molecule has 0 aliphatic heterocycles. The third-order valence-corrected chi connectivity index (χ3v) is 3.38. The van der Waals surface area contributed by atoms with Gasteiger partial charge in [0.2, 0.25) is 0 Å². The normalized spacial score (nSPS) is 10.6. The van der Waals surface area contributed by atoms with Crippen LogP contribution in [0.1, 0.15) is 28.0 Å². The minimum atomic E-state index is -2.65. The van der Waals surface area contributed by atoms with Crippen molar-refractivity contribution in [2.45, 2.75) is 11.8 Å². The van der Waals surface area contributed by atoms with Crippen LogP contribution in [0, 0.1) is 0 Å². The molecule has 88 valence electrons. The highest BCUT2D eigenvalue weighted by atomic mass is 79.9. The number of carbonyl (C=O) groups is 1. The second-order valence-corrected chi connectivity index (χ2v) is 4.13. The Morgan fingerprint density at radius 1 is 1.62 bits per heavy atom. The monoisotopic (exact) mass is 357 g/mol. The number of halogens is 4. The van der Waals surface area contributed by atoms with E-state index in [4.69, 9.17) is 0 Å². The summed E-state index contributed by atoms with van der Waals surface area (Å²) in [5, 5.41) is 0.228. The van der Waals surface area contributed by atoms with Crippen LogP contribution in [0.5, 0.6) is 0 Å². The molecule has 0 aliphatic rings. The first-order chi connectivity index (χ1) is 7.52. The first kappa shape index (κ1) is 13.5. The molecule has 7 heteroatoms. The fraction of sp³-hybridized carbons (Fsp3) is 0.333. The second-order valence-electron chi connectivity index (χ2n) is 2.78. The molecule has 1 heterocycles. The number of methoxy groups -OCH3 is 1. The van der Waals surface area contributed by atoms with Crippen LogP contribution in [0.25, 0.3) is 0 Å². The predicted molar refractivity (Wildman–Crippen MR) is 60.9 cm³/mol. The van der Waals surface area contributed by atoms with Gasteiger partial charge in [0.1, 0.15) is 0 Å². The van der Waals surface area contributed by atoms with Gasteiger partial charge in [-0.15, -0.1) is 0 Å². The van der Waals surface area contributed by atoms with Crippen LogP contribution in [0.4, 0.5) is 8.78 Å². The maximum atomic E-state index is 12.6. The summed E-state index contributed by atoms with van der Waals surface area (Å²) in [6.45, 7) is 0. The average Bonchev–Trinajstić information content (AvgIpc) is 2.26. The number of hydrogen-bond acceptors (Lipinski definition) is 3. The fourth-order valence-electron chi connectivity index (χ4n) is 1.09. The zero-order valence-electron chi connectivity index (χ0n) is 8.14. The molecular formula is C9H7Br2F2NO2. The standard InChI is InChI=1S/C9H7Br2F2NO2/c1-16-9(15)7-4(2-10)6(11)5(3-14-7)8(12)13/h3,8H,2H2,1H3. The Kier molecular flexibility index (Phi) is 4.79. The minimum Gasteiger partial charge on any atom is -0.464 e. The van der Waals surface area contributed by atoms with Gasteiger partial charge in [0.25, 0.3) is 6.43 Å². The van der Waals surface area contributed by atoms with Crippen LogP contribution in [-0.4, -0.2) is 18.1 Å². The molecule has 16 heavy (non-hydrogen) atoms. The third-order valence-electron chi connectivity index (χ3n) is 1.88. The van der Waals surface area contributed by atoms with E-state index < -0.39 is 12.4 Å². The van der Waals surface area contributed by atoms with Gasteiger partial charge in [0.15, 0.2) is 5.69 Å². The van der Waals surface area contributed by atoms with Gasteiger partial charge in [-0.3, -0.25) is 0 Å².